The van der Waals surface area contributed by atoms with Crippen LogP contribution in [0.3, 0.4) is 0 Å². The van der Waals surface area contributed by atoms with Crippen molar-refractivity contribution < 1.29 is 9.47 Å². The molecule has 0 aromatic heterocycles. The molecule has 0 fully saturated rings. The summed E-state index contributed by atoms with van der Waals surface area (Å²) in [5.41, 5.74) is 9.36. The first-order valence-electron chi connectivity index (χ1n) is 7.42. The summed E-state index contributed by atoms with van der Waals surface area (Å²) in [5.74, 6) is 0. The van der Waals surface area contributed by atoms with Gasteiger partial charge in [0, 0.05) is 38.5 Å². The normalized spacial score (nSPS) is 10.8. The van der Waals surface area contributed by atoms with Crippen LogP contribution in [-0.2, 0) is 16.0 Å². The molecule has 0 aliphatic carbocycles. The second kappa shape index (κ2) is 9.75. The quantitative estimate of drug-likeness (QED) is 0.668. The molecule has 1 rings (SSSR count). The van der Waals surface area contributed by atoms with Crippen LogP contribution in [0.2, 0.25) is 0 Å². The molecule has 0 aliphatic rings. The van der Waals surface area contributed by atoms with Crippen molar-refractivity contribution >= 4 is 5.69 Å². The molecule has 2 N–H and O–H groups in total. The molecule has 0 radical (unpaired) electrons. The highest BCUT2D eigenvalue weighted by molar-refractivity contribution is 5.50. The van der Waals surface area contributed by atoms with Crippen LogP contribution in [0.15, 0.2) is 18.2 Å². The van der Waals surface area contributed by atoms with E-state index >= 15 is 0 Å². The predicted octanol–water partition coefficient (Wildman–Crippen LogP) is 2.33. The third kappa shape index (κ3) is 5.49. The van der Waals surface area contributed by atoms with Gasteiger partial charge in [-0.2, -0.15) is 0 Å². The van der Waals surface area contributed by atoms with Crippen molar-refractivity contribution in [3.63, 3.8) is 0 Å². The Morgan fingerprint density at radius 1 is 1.05 bits per heavy atom. The van der Waals surface area contributed by atoms with Gasteiger partial charge in [0.1, 0.15) is 0 Å². The van der Waals surface area contributed by atoms with Crippen molar-refractivity contribution in [3.8, 4) is 0 Å². The average molecular weight is 280 g/mol. The lowest BCUT2D eigenvalue weighted by Crippen LogP contribution is -2.31. The third-order valence-corrected chi connectivity index (χ3v) is 3.33. The lowest BCUT2D eigenvalue weighted by molar-refractivity contribution is 0.141. The summed E-state index contributed by atoms with van der Waals surface area (Å²) >= 11 is 0. The van der Waals surface area contributed by atoms with Gasteiger partial charge in [-0.15, -0.1) is 0 Å². The number of hydrogen-bond acceptors (Lipinski definition) is 4. The molecule has 0 aliphatic heterocycles. The molecule has 1 aromatic rings. The van der Waals surface area contributed by atoms with Crippen LogP contribution in [-0.4, -0.2) is 39.5 Å². The van der Waals surface area contributed by atoms with Crippen LogP contribution in [0.25, 0.3) is 0 Å². The number of ether oxygens (including phenoxy) is 2. The summed E-state index contributed by atoms with van der Waals surface area (Å²) in [5, 5.41) is 0. The minimum atomic E-state index is 0.587. The molecule has 0 heterocycles. The van der Waals surface area contributed by atoms with Crippen LogP contribution in [0, 0.1) is 6.92 Å². The molecule has 4 nitrogen and oxygen atoms in total. The molecule has 0 saturated heterocycles. The Morgan fingerprint density at radius 2 is 1.65 bits per heavy atom. The van der Waals surface area contributed by atoms with Gasteiger partial charge in [-0.25, -0.2) is 0 Å². The molecule has 114 valence electrons. The Labute approximate surface area is 122 Å². The fourth-order valence-electron chi connectivity index (χ4n) is 2.11. The first-order valence-corrected chi connectivity index (χ1v) is 7.42. The van der Waals surface area contributed by atoms with E-state index in [2.05, 4.69) is 30.0 Å². The van der Waals surface area contributed by atoms with E-state index < -0.39 is 0 Å². The van der Waals surface area contributed by atoms with Gasteiger partial charge in [0.05, 0.1) is 13.2 Å². The Hall–Kier alpha value is -1.10. The summed E-state index contributed by atoms with van der Waals surface area (Å²) in [6.07, 6.45) is 0. The van der Waals surface area contributed by atoms with E-state index in [1.54, 1.807) is 0 Å². The van der Waals surface area contributed by atoms with E-state index in [1.165, 1.54) is 16.8 Å². The lowest BCUT2D eigenvalue weighted by Gasteiger charge is -2.25. The van der Waals surface area contributed by atoms with Crippen LogP contribution in [0.1, 0.15) is 25.0 Å². The van der Waals surface area contributed by atoms with E-state index in [9.17, 15) is 0 Å². The molecule has 0 atom stereocenters. The Kier molecular flexibility index (Phi) is 8.26. The highest BCUT2D eigenvalue weighted by atomic mass is 16.5. The maximum atomic E-state index is 5.72. The van der Waals surface area contributed by atoms with Gasteiger partial charge in [0.2, 0.25) is 0 Å². The van der Waals surface area contributed by atoms with E-state index in [0.717, 1.165) is 39.5 Å². The van der Waals surface area contributed by atoms with Crippen molar-refractivity contribution in [2.75, 3.05) is 44.4 Å². The fourth-order valence-corrected chi connectivity index (χ4v) is 2.11. The molecule has 0 unspecified atom stereocenters. The Morgan fingerprint density at radius 3 is 2.10 bits per heavy atom. The SMILES string of the molecule is CCOCCN(CCOCC)c1ccc(CN)c(C)c1. The van der Waals surface area contributed by atoms with Crippen molar-refractivity contribution in [2.45, 2.75) is 27.3 Å². The Bertz CT molecular complexity index is 373. The van der Waals surface area contributed by atoms with Crippen LogP contribution in [0.4, 0.5) is 5.69 Å². The number of aryl methyl sites for hydroxylation is 1. The second-order valence-corrected chi connectivity index (χ2v) is 4.70. The highest BCUT2D eigenvalue weighted by Crippen LogP contribution is 2.19. The molecule has 20 heavy (non-hydrogen) atoms. The molecule has 0 saturated carbocycles. The highest BCUT2D eigenvalue weighted by Gasteiger charge is 2.08. The number of nitrogens with two attached hydrogens (primary N) is 1. The molecule has 4 heteroatoms. The largest absolute Gasteiger partial charge is 0.380 e. The maximum Gasteiger partial charge on any atom is 0.0641 e. The van der Waals surface area contributed by atoms with Gasteiger partial charge >= 0.3 is 0 Å². The third-order valence-electron chi connectivity index (χ3n) is 3.33. The van der Waals surface area contributed by atoms with Gasteiger partial charge in [-0.3, -0.25) is 0 Å². The van der Waals surface area contributed by atoms with E-state index in [-0.39, 0.29) is 0 Å². The van der Waals surface area contributed by atoms with E-state index in [0.29, 0.717) is 6.54 Å². The number of anilines is 1. The van der Waals surface area contributed by atoms with Gasteiger partial charge in [0.15, 0.2) is 0 Å². The van der Waals surface area contributed by atoms with E-state index in [4.69, 9.17) is 15.2 Å². The zero-order valence-electron chi connectivity index (χ0n) is 13.0. The first kappa shape index (κ1) is 17.0. The monoisotopic (exact) mass is 280 g/mol. The molecule has 1 aromatic carbocycles. The summed E-state index contributed by atoms with van der Waals surface area (Å²) in [6, 6.07) is 6.44. The minimum Gasteiger partial charge on any atom is -0.380 e. The van der Waals surface area contributed by atoms with Crippen molar-refractivity contribution in [3.05, 3.63) is 29.3 Å². The van der Waals surface area contributed by atoms with Crippen LogP contribution >= 0.6 is 0 Å². The number of benzene rings is 1. The number of hydrogen-bond donors (Lipinski definition) is 1. The molecule has 0 amide bonds. The molecular formula is C16H28N2O2. The maximum absolute atomic E-state index is 5.72. The van der Waals surface area contributed by atoms with Crippen molar-refractivity contribution in [1.82, 2.24) is 0 Å². The number of nitrogens with zero attached hydrogens (tertiary/aromatic N) is 1. The van der Waals surface area contributed by atoms with Crippen molar-refractivity contribution in [1.29, 1.82) is 0 Å². The fraction of sp³-hybridized carbons (Fsp3) is 0.625. The lowest BCUT2D eigenvalue weighted by atomic mass is 10.1. The Balaban J connectivity index is 2.71. The van der Waals surface area contributed by atoms with Crippen LogP contribution in [0.5, 0.6) is 0 Å². The topological polar surface area (TPSA) is 47.7 Å². The minimum absolute atomic E-state index is 0.587. The molecule has 0 spiro atoms. The van der Waals surface area contributed by atoms with Gasteiger partial charge < -0.3 is 20.1 Å². The zero-order valence-corrected chi connectivity index (χ0v) is 13.0. The zero-order chi connectivity index (χ0) is 14.8. The summed E-state index contributed by atoms with van der Waals surface area (Å²) in [4.78, 5) is 2.30. The summed E-state index contributed by atoms with van der Waals surface area (Å²) in [7, 11) is 0. The smallest absolute Gasteiger partial charge is 0.0641 e. The standard InChI is InChI=1S/C16H28N2O2/c1-4-19-10-8-18(9-11-20-5-2)16-7-6-15(13-17)14(3)12-16/h6-7,12H,4-5,8-11,13,17H2,1-3H3. The predicted molar refractivity (Wildman–Crippen MR) is 84.3 cm³/mol. The molecular weight excluding hydrogens is 252 g/mol. The molecule has 0 bridgehead atoms. The van der Waals surface area contributed by atoms with Gasteiger partial charge in [-0.05, 0) is 44.0 Å². The summed E-state index contributed by atoms with van der Waals surface area (Å²) < 4.78 is 10.9. The summed E-state index contributed by atoms with van der Waals surface area (Å²) in [6.45, 7) is 11.5. The van der Waals surface area contributed by atoms with E-state index in [1.807, 2.05) is 13.8 Å². The average Bonchev–Trinajstić information content (AvgIpc) is 2.46. The first-order chi connectivity index (χ1) is 9.72. The van der Waals surface area contributed by atoms with Gasteiger partial charge in [0.25, 0.3) is 0 Å². The number of rotatable bonds is 10. The van der Waals surface area contributed by atoms with Gasteiger partial charge in [-0.1, -0.05) is 6.07 Å². The van der Waals surface area contributed by atoms with Crippen molar-refractivity contribution in [2.24, 2.45) is 5.73 Å². The second-order valence-electron chi connectivity index (χ2n) is 4.70. The van der Waals surface area contributed by atoms with Crippen LogP contribution < -0.4 is 10.6 Å².